The zero-order chi connectivity index (χ0) is 20.1. The monoisotopic (exact) mass is 377 g/mol. The van der Waals surface area contributed by atoms with Crippen molar-refractivity contribution in [1.82, 2.24) is 15.2 Å². The maximum absolute atomic E-state index is 12.6. The number of fused-ring (bicyclic) bond motifs is 1. The van der Waals surface area contributed by atoms with E-state index in [1.807, 2.05) is 0 Å². The van der Waals surface area contributed by atoms with Crippen LogP contribution in [0.2, 0.25) is 0 Å². The quantitative estimate of drug-likeness (QED) is 0.525. The van der Waals surface area contributed by atoms with Gasteiger partial charge in [0.2, 0.25) is 5.91 Å². The summed E-state index contributed by atoms with van der Waals surface area (Å²) in [5.41, 5.74) is 3.75. The molecular formula is C20H19N5O3. The Kier molecular flexibility index (Phi) is 5.59. The van der Waals surface area contributed by atoms with Crippen LogP contribution in [0.3, 0.4) is 0 Å². The fourth-order valence-corrected chi connectivity index (χ4v) is 2.69. The van der Waals surface area contributed by atoms with Crippen LogP contribution in [-0.2, 0) is 11.3 Å². The number of hydrazone groups is 1. The van der Waals surface area contributed by atoms with Gasteiger partial charge in [-0.1, -0.05) is 30.3 Å². The van der Waals surface area contributed by atoms with E-state index in [2.05, 4.69) is 20.9 Å². The van der Waals surface area contributed by atoms with Crippen LogP contribution < -0.4 is 16.3 Å². The van der Waals surface area contributed by atoms with Crippen LogP contribution in [0.15, 0.2) is 58.4 Å². The van der Waals surface area contributed by atoms with Crippen LogP contribution in [0, 0.1) is 0 Å². The van der Waals surface area contributed by atoms with Gasteiger partial charge in [-0.3, -0.25) is 14.4 Å². The maximum atomic E-state index is 12.6. The molecule has 8 nitrogen and oxygen atoms in total. The minimum atomic E-state index is -0.510. The highest BCUT2D eigenvalue weighted by atomic mass is 16.2. The molecule has 0 spiro atoms. The molecule has 28 heavy (non-hydrogen) atoms. The van der Waals surface area contributed by atoms with Crippen molar-refractivity contribution in [2.75, 3.05) is 5.32 Å². The fourth-order valence-electron chi connectivity index (χ4n) is 2.69. The van der Waals surface area contributed by atoms with E-state index in [-0.39, 0.29) is 17.2 Å². The number of hydrogen-bond donors (Lipinski definition) is 2. The van der Waals surface area contributed by atoms with Crippen molar-refractivity contribution < 1.29 is 9.59 Å². The number of carbonyl (C=O) groups excluding carboxylic acids is 2. The van der Waals surface area contributed by atoms with Crippen molar-refractivity contribution in [1.29, 1.82) is 0 Å². The van der Waals surface area contributed by atoms with Crippen LogP contribution in [-0.4, -0.2) is 27.8 Å². The number of hydrogen-bond acceptors (Lipinski definition) is 5. The molecule has 1 heterocycles. The number of rotatable bonds is 5. The van der Waals surface area contributed by atoms with Gasteiger partial charge in [-0.25, -0.2) is 10.1 Å². The molecule has 2 aromatic carbocycles. The Bertz CT molecular complexity index is 1120. The minimum absolute atomic E-state index is 0.134. The molecule has 3 rings (SSSR count). The van der Waals surface area contributed by atoms with Crippen molar-refractivity contribution in [3.8, 4) is 0 Å². The van der Waals surface area contributed by atoms with Gasteiger partial charge in [0.25, 0.3) is 11.5 Å². The molecule has 142 valence electrons. The van der Waals surface area contributed by atoms with Gasteiger partial charge in [0, 0.05) is 24.5 Å². The number of aromatic nitrogens is 2. The first kappa shape index (κ1) is 19.0. The van der Waals surface area contributed by atoms with Crippen molar-refractivity contribution >= 4 is 34.5 Å². The Morgan fingerprint density at radius 3 is 2.43 bits per heavy atom. The second-order valence-electron chi connectivity index (χ2n) is 6.02. The molecule has 0 saturated carbocycles. The van der Waals surface area contributed by atoms with Gasteiger partial charge < -0.3 is 5.32 Å². The zero-order valence-corrected chi connectivity index (χ0v) is 15.5. The van der Waals surface area contributed by atoms with E-state index < -0.39 is 5.91 Å². The highest BCUT2D eigenvalue weighted by Crippen LogP contribution is 2.13. The number of carbonyl (C=O) groups is 2. The van der Waals surface area contributed by atoms with Crippen LogP contribution in [0.1, 0.15) is 29.9 Å². The van der Waals surface area contributed by atoms with Gasteiger partial charge in [0.1, 0.15) is 0 Å². The number of anilines is 1. The smallest absolute Gasteiger partial charge is 0.292 e. The average molecular weight is 377 g/mol. The first-order valence-corrected chi connectivity index (χ1v) is 8.70. The third-order valence-electron chi connectivity index (χ3n) is 3.99. The van der Waals surface area contributed by atoms with E-state index in [1.54, 1.807) is 55.5 Å². The van der Waals surface area contributed by atoms with E-state index in [4.69, 9.17) is 0 Å². The molecule has 0 atom stereocenters. The van der Waals surface area contributed by atoms with Crippen molar-refractivity contribution in [2.45, 2.75) is 20.4 Å². The lowest BCUT2D eigenvalue weighted by Gasteiger charge is -2.08. The largest absolute Gasteiger partial charge is 0.326 e. The van der Waals surface area contributed by atoms with Gasteiger partial charge in [-0.2, -0.15) is 10.2 Å². The molecular weight excluding hydrogens is 358 g/mol. The normalized spacial score (nSPS) is 10.9. The molecule has 0 fully saturated rings. The van der Waals surface area contributed by atoms with Gasteiger partial charge in [-0.05, 0) is 30.7 Å². The van der Waals surface area contributed by atoms with E-state index >= 15 is 0 Å². The van der Waals surface area contributed by atoms with Gasteiger partial charge in [0.15, 0.2) is 5.69 Å². The summed E-state index contributed by atoms with van der Waals surface area (Å²) in [5.74, 6) is -0.661. The lowest BCUT2D eigenvalue weighted by molar-refractivity contribution is -0.114. The lowest BCUT2D eigenvalue weighted by atomic mass is 10.1. The molecule has 1 aromatic heterocycles. The predicted molar refractivity (Wildman–Crippen MR) is 107 cm³/mol. The van der Waals surface area contributed by atoms with Crippen LogP contribution >= 0.6 is 0 Å². The second kappa shape index (κ2) is 8.26. The molecule has 0 saturated heterocycles. The average Bonchev–Trinajstić information content (AvgIpc) is 2.69. The summed E-state index contributed by atoms with van der Waals surface area (Å²) in [6, 6.07) is 13.8. The first-order chi connectivity index (χ1) is 13.5. The highest BCUT2D eigenvalue weighted by Gasteiger charge is 2.15. The second-order valence-corrected chi connectivity index (χ2v) is 6.02. The molecule has 8 heteroatoms. The molecule has 0 bridgehead atoms. The van der Waals surface area contributed by atoms with Crippen LogP contribution in [0.25, 0.3) is 10.8 Å². The Morgan fingerprint density at radius 1 is 1.11 bits per heavy atom. The third kappa shape index (κ3) is 4.12. The standard InChI is InChI=1S/C20H19N5O3/c1-3-25-20(28)17-7-5-4-6-16(17)18(24-25)19(27)23-21-12-14-8-10-15(11-9-14)22-13(2)26/h4-12H,3H2,1-2H3,(H,22,26)(H,23,27)/b21-12-. The molecule has 2 N–H and O–H groups in total. The van der Waals surface area contributed by atoms with Gasteiger partial charge in [-0.15, -0.1) is 0 Å². The van der Waals surface area contributed by atoms with Crippen LogP contribution in [0.4, 0.5) is 5.69 Å². The van der Waals surface area contributed by atoms with Crippen molar-refractivity contribution in [2.24, 2.45) is 5.10 Å². The summed E-state index contributed by atoms with van der Waals surface area (Å²) in [4.78, 5) is 35.9. The van der Waals surface area contributed by atoms with Gasteiger partial charge >= 0.3 is 0 Å². The Morgan fingerprint density at radius 2 is 1.79 bits per heavy atom. The number of amides is 2. The molecule has 0 aliphatic rings. The Hall–Kier alpha value is -3.81. The van der Waals surface area contributed by atoms with Gasteiger partial charge in [0.05, 0.1) is 11.6 Å². The number of nitrogens with one attached hydrogen (secondary N) is 2. The lowest BCUT2D eigenvalue weighted by Crippen LogP contribution is -2.28. The van der Waals surface area contributed by atoms with Crippen molar-refractivity contribution in [3.63, 3.8) is 0 Å². The topological polar surface area (TPSA) is 105 Å². The summed E-state index contributed by atoms with van der Waals surface area (Å²) < 4.78 is 1.25. The third-order valence-corrected chi connectivity index (χ3v) is 3.99. The van der Waals surface area contributed by atoms with E-state index in [9.17, 15) is 14.4 Å². The molecule has 2 amide bonds. The minimum Gasteiger partial charge on any atom is -0.326 e. The van der Waals surface area contributed by atoms with Crippen LogP contribution in [0.5, 0.6) is 0 Å². The maximum Gasteiger partial charge on any atom is 0.292 e. The number of nitrogens with zero attached hydrogens (tertiary/aromatic N) is 3. The highest BCUT2D eigenvalue weighted by molar-refractivity contribution is 6.05. The summed E-state index contributed by atoms with van der Waals surface area (Å²) in [6.45, 7) is 3.58. The molecule has 0 radical (unpaired) electrons. The molecule has 0 aliphatic carbocycles. The Labute approximate surface area is 160 Å². The van der Waals surface area contributed by atoms with E-state index in [0.29, 0.717) is 23.0 Å². The fraction of sp³-hybridized carbons (Fsp3) is 0.150. The number of aryl methyl sites for hydroxylation is 1. The predicted octanol–water partition coefficient (Wildman–Crippen LogP) is 2.14. The number of benzene rings is 2. The summed E-state index contributed by atoms with van der Waals surface area (Å²) >= 11 is 0. The Balaban J connectivity index is 1.80. The zero-order valence-electron chi connectivity index (χ0n) is 15.5. The summed E-state index contributed by atoms with van der Waals surface area (Å²) in [6.07, 6.45) is 1.48. The SMILES string of the molecule is CCn1nc(C(=O)N/N=C\c2ccc(NC(C)=O)cc2)c2ccccc2c1=O. The molecule has 0 unspecified atom stereocenters. The molecule has 3 aromatic rings. The summed E-state index contributed by atoms with van der Waals surface area (Å²) in [5, 5.41) is 11.7. The van der Waals surface area contributed by atoms with E-state index in [1.165, 1.54) is 17.8 Å². The van der Waals surface area contributed by atoms with E-state index in [0.717, 1.165) is 5.56 Å². The van der Waals surface area contributed by atoms with Crippen molar-refractivity contribution in [3.05, 3.63) is 70.1 Å². The first-order valence-electron chi connectivity index (χ1n) is 8.70. The molecule has 0 aliphatic heterocycles. The summed E-state index contributed by atoms with van der Waals surface area (Å²) in [7, 11) is 0.